The average molecular weight is 399 g/mol. The lowest BCUT2D eigenvalue weighted by atomic mass is 10.0. The zero-order valence-electron chi connectivity index (χ0n) is 16.9. The lowest BCUT2D eigenvalue weighted by molar-refractivity contribution is -0.160. The number of hydrogen-bond acceptors (Lipinski definition) is 3. The summed E-state index contributed by atoms with van der Waals surface area (Å²) in [6.07, 6.45) is 0. The van der Waals surface area contributed by atoms with Gasteiger partial charge in [0.25, 0.3) is 0 Å². The Kier molecular flexibility index (Phi) is 4.97. The van der Waals surface area contributed by atoms with Crippen molar-refractivity contribution in [2.75, 3.05) is 26.2 Å². The largest absolute Gasteiger partial charge is 0.327 e. The fourth-order valence-corrected chi connectivity index (χ4v) is 4.64. The Morgan fingerprint density at radius 3 is 2.43 bits per heavy atom. The highest BCUT2D eigenvalue weighted by atomic mass is 16.2. The van der Waals surface area contributed by atoms with E-state index in [9.17, 15) is 9.59 Å². The van der Waals surface area contributed by atoms with Crippen LogP contribution in [0.25, 0.3) is 10.8 Å². The second kappa shape index (κ2) is 7.92. The highest BCUT2D eigenvalue weighted by Gasteiger charge is 2.42. The third-order valence-corrected chi connectivity index (χ3v) is 6.20. The lowest BCUT2D eigenvalue weighted by Crippen LogP contribution is -2.66. The van der Waals surface area contributed by atoms with E-state index in [1.165, 1.54) is 16.3 Å². The molecule has 0 aliphatic carbocycles. The molecule has 152 valence electrons. The number of amides is 2. The van der Waals surface area contributed by atoms with Crippen LogP contribution in [0.1, 0.15) is 11.1 Å². The van der Waals surface area contributed by atoms with Gasteiger partial charge in [-0.2, -0.15) is 0 Å². The summed E-state index contributed by atoms with van der Waals surface area (Å²) in [7, 11) is 0. The molecule has 0 N–H and O–H groups in total. The number of rotatable bonds is 4. The van der Waals surface area contributed by atoms with E-state index in [1.807, 2.05) is 30.3 Å². The SMILES string of the molecule is O=C1C2CN(Cc3cccc4ccccc34)CCN2C(=O)CN1Cc1ccccc1. The predicted octanol–water partition coefficient (Wildman–Crippen LogP) is 2.90. The molecule has 5 heteroatoms. The number of carbonyl (C=O) groups is 2. The molecule has 3 aromatic carbocycles. The third kappa shape index (κ3) is 3.57. The smallest absolute Gasteiger partial charge is 0.247 e. The highest BCUT2D eigenvalue weighted by Crippen LogP contribution is 2.24. The second-order valence-corrected chi connectivity index (χ2v) is 8.16. The number of nitrogens with zero attached hydrogens (tertiary/aromatic N) is 3. The van der Waals surface area contributed by atoms with Gasteiger partial charge in [-0.15, -0.1) is 0 Å². The molecular weight excluding hydrogens is 374 g/mol. The van der Waals surface area contributed by atoms with E-state index < -0.39 is 6.04 Å². The molecule has 0 saturated carbocycles. The molecule has 1 atom stereocenters. The molecule has 2 fully saturated rings. The maximum Gasteiger partial charge on any atom is 0.247 e. The predicted molar refractivity (Wildman–Crippen MR) is 117 cm³/mol. The van der Waals surface area contributed by atoms with E-state index in [-0.39, 0.29) is 18.4 Å². The second-order valence-electron chi connectivity index (χ2n) is 8.16. The van der Waals surface area contributed by atoms with Crippen LogP contribution in [0.5, 0.6) is 0 Å². The molecule has 5 rings (SSSR count). The summed E-state index contributed by atoms with van der Waals surface area (Å²) in [5.41, 5.74) is 2.31. The van der Waals surface area contributed by atoms with Crippen molar-refractivity contribution in [1.82, 2.24) is 14.7 Å². The van der Waals surface area contributed by atoms with Crippen LogP contribution in [-0.2, 0) is 22.7 Å². The Labute approximate surface area is 176 Å². The Morgan fingerprint density at radius 1 is 0.800 bits per heavy atom. The minimum absolute atomic E-state index is 0.0559. The molecule has 5 nitrogen and oxygen atoms in total. The maximum absolute atomic E-state index is 13.2. The summed E-state index contributed by atoms with van der Waals surface area (Å²) in [4.78, 5) is 31.7. The van der Waals surface area contributed by atoms with E-state index in [1.54, 1.807) is 9.80 Å². The summed E-state index contributed by atoms with van der Waals surface area (Å²) in [5.74, 6) is 0.112. The van der Waals surface area contributed by atoms with Gasteiger partial charge in [-0.1, -0.05) is 72.8 Å². The van der Waals surface area contributed by atoms with Gasteiger partial charge in [0.2, 0.25) is 11.8 Å². The van der Waals surface area contributed by atoms with Crippen molar-refractivity contribution in [3.63, 3.8) is 0 Å². The first-order valence-electron chi connectivity index (χ1n) is 10.5. The normalized spacial score (nSPS) is 19.9. The van der Waals surface area contributed by atoms with Crippen molar-refractivity contribution in [1.29, 1.82) is 0 Å². The van der Waals surface area contributed by atoms with Gasteiger partial charge in [0.05, 0.1) is 0 Å². The van der Waals surface area contributed by atoms with Crippen molar-refractivity contribution in [2.24, 2.45) is 0 Å². The summed E-state index contributed by atoms with van der Waals surface area (Å²) in [5, 5.41) is 2.48. The molecule has 1 unspecified atom stereocenters. The third-order valence-electron chi connectivity index (χ3n) is 6.20. The Balaban J connectivity index is 1.33. The van der Waals surface area contributed by atoms with Gasteiger partial charge in [0, 0.05) is 32.7 Å². The monoisotopic (exact) mass is 399 g/mol. The average Bonchev–Trinajstić information content (AvgIpc) is 2.78. The van der Waals surface area contributed by atoms with Gasteiger partial charge in [0.1, 0.15) is 12.6 Å². The molecule has 2 saturated heterocycles. The summed E-state index contributed by atoms with van der Waals surface area (Å²) >= 11 is 0. The molecule has 2 amide bonds. The van der Waals surface area contributed by atoms with Crippen LogP contribution < -0.4 is 0 Å². The number of hydrogen-bond donors (Lipinski definition) is 0. The Hall–Kier alpha value is -3.18. The van der Waals surface area contributed by atoms with Gasteiger partial charge in [-0.25, -0.2) is 0 Å². The molecule has 2 aliphatic rings. The van der Waals surface area contributed by atoms with Crippen LogP contribution in [-0.4, -0.2) is 58.7 Å². The highest BCUT2D eigenvalue weighted by molar-refractivity contribution is 5.95. The first kappa shape index (κ1) is 18.8. The molecule has 0 aromatic heterocycles. The lowest BCUT2D eigenvalue weighted by Gasteiger charge is -2.46. The van der Waals surface area contributed by atoms with Crippen molar-refractivity contribution >= 4 is 22.6 Å². The Bertz CT molecular complexity index is 1080. The minimum Gasteiger partial charge on any atom is -0.327 e. The number of benzene rings is 3. The van der Waals surface area contributed by atoms with Gasteiger partial charge >= 0.3 is 0 Å². The summed E-state index contributed by atoms with van der Waals surface area (Å²) in [6.45, 7) is 3.42. The number of carbonyl (C=O) groups excluding carboxylic acids is 2. The fourth-order valence-electron chi connectivity index (χ4n) is 4.64. The quantitative estimate of drug-likeness (QED) is 0.678. The zero-order chi connectivity index (χ0) is 20.5. The first-order chi connectivity index (χ1) is 14.7. The van der Waals surface area contributed by atoms with E-state index in [4.69, 9.17) is 0 Å². The van der Waals surface area contributed by atoms with E-state index in [2.05, 4.69) is 47.4 Å². The Morgan fingerprint density at radius 2 is 1.57 bits per heavy atom. The molecule has 30 heavy (non-hydrogen) atoms. The molecule has 0 bridgehead atoms. The topological polar surface area (TPSA) is 43.9 Å². The van der Waals surface area contributed by atoms with E-state index >= 15 is 0 Å². The van der Waals surface area contributed by atoms with Gasteiger partial charge < -0.3 is 9.80 Å². The van der Waals surface area contributed by atoms with Crippen molar-refractivity contribution in [2.45, 2.75) is 19.1 Å². The minimum atomic E-state index is -0.390. The molecule has 3 aromatic rings. The van der Waals surface area contributed by atoms with Crippen LogP contribution >= 0.6 is 0 Å². The van der Waals surface area contributed by atoms with Gasteiger partial charge in [0.15, 0.2) is 0 Å². The fraction of sp³-hybridized carbons (Fsp3) is 0.280. The summed E-state index contributed by atoms with van der Waals surface area (Å²) in [6, 6.07) is 24.3. The van der Waals surface area contributed by atoms with E-state index in [0.29, 0.717) is 19.6 Å². The molecule has 2 heterocycles. The van der Waals surface area contributed by atoms with Crippen molar-refractivity contribution in [3.8, 4) is 0 Å². The van der Waals surface area contributed by atoms with Crippen LogP contribution in [0.4, 0.5) is 0 Å². The van der Waals surface area contributed by atoms with Crippen LogP contribution in [0.3, 0.4) is 0 Å². The van der Waals surface area contributed by atoms with Crippen molar-refractivity contribution < 1.29 is 9.59 Å². The van der Waals surface area contributed by atoms with Crippen LogP contribution in [0.15, 0.2) is 72.8 Å². The van der Waals surface area contributed by atoms with Crippen molar-refractivity contribution in [3.05, 3.63) is 83.9 Å². The number of piperazine rings is 2. The molecular formula is C25H25N3O2. The van der Waals surface area contributed by atoms with Crippen LogP contribution in [0, 0.1) is 0 Å². The maximum atomic E-state index is 13.2. The molecule has 0 radical (unpaired) electrons. The van der Waals surface area contributed by atoms with Crippen LogP contribution in [0.2, 0.25) is 0 Å². The number of fused-ring (bicyclic) bond motifs is 2. The first-order valence-corrected chi connectivity index (χ1v) is 10.5. The molecule has 2 aliphatic heterocycles. The zero-order valence-corrected chi connectivity index (χ0v) is 16.9. The van der Waals surface area contributed by atoms with Gasteiger partial charge in [-0.05, 0) is 21.9 Å². The van der Waals surface area contributed by atoms with Gasteiger partial charge in [-0.3, -0.25) is 14.5 Å². The standard InChI is InChI=1S/C25H25N3O2/c29-24-18-27(15-19-7-2-1-3-8-19)25(30)23-17-26(13-14-28(23)24)16-21-11-6-10-20-9-4-5-12-22(20)21/h1-12,23H,13-18H2. The van der Waals surface area contributed by atoms with E-state index in [0.717, 1.165) is 18.7 Å². The molecule has 0 spiro atoms. The summed E-state index contributed by atoms with van der Waals surface area (Å²) < 4.78 is 0.